The highest BCUT2D eigenvalue weighted by molar-refractivity contribution is 7.17. The van der Waals surface area contributed by atoms with E-state index in [2.05, 4.69) is 0 Å². The summed E-state index contributed by atoms with van der Waals surface area (Å²) in [6.07, 6.45) is 1.88. The molecule has 0 radical (unpaired) electrons. The fraction of sp³-hybridized carbons (Fsp3) is 0.167. The van der Waals surface area contributed by atoms with Crippen molar-refractivity contribution in [3.8, 4) is 0 Å². The van der Waals surface area contributed by atoms with Crippen LogP contribution in [-0.2, 0) is 29.1 Å². The van der Waals surface area contributed by atoms with Gasteiger partial charge in [0.15, 0.2) is 5.76 Å². The minimum atomic E-state index is -0.692. The molecule has 5 nitrogen and oxygen atoms in total. The first-order valence-corrected chi connectivity index (χ1v) is 10.6. The van der Waals surface area contributed by atoms with Crippen LogP contribution in [0.1, 0.15) is 27.2 Å². The Morgan fingerprint density at radius 1 is 1.03 bits per heavy atom. The van der Waals surface area contributed by atoms with E-state index in [1.54, 1.807) is 28.4 Å². The number of thiophene rings is 1. The van der Waals surface area contributed by atoms with Crippen LogP contribution in [0.5, 0.6) is 0 Å². The van der Waals surface area contributed by atoms with E-state index in [9.17, 15) is 9.59 Å². The van der Waals surface area contributed by atoms with Gasteiger partial charge in [0.05, 0.1) is 6.26 Å². The Labute approximate surface area is 177 Å². The van der Waals surface area contributed by atoms with Crippen LogP contribution in [0.25, 0.3) is 10.1 Å². The second kappa shape index (κ2) is 7.80. The molecule has 0 saturated heterocycles. The van der Waals surface area contributed by atoms with Gasteiger partial charge in [0, 0.05) is 23.2 Å². The second-order valence-corrected chi connectivity index (χ2v) is 8.18. The van der Waals surface area contributed by atoms with Crippen molar-refractivity contribution in [1.29, 1.82) is 0 Å². The maximum atomic E-state index is 13.1. The SMILES string of the molecule is O=C(OCc1csc2ccccc12)[C@@H]1Cc2ccccc2CN1C(=O)c1ccco1. The van der Waals surface area contributed by atoms with Crippen LogP contribution >= 0.6 is 11.3 Å². The fourth-order valence-electron chi connectivity index (χ4n) is 3.88. The first kappa shape index (κ1) is 18.6. The van der Waals surface area contributed by atoms with Crippen LogP contribution in [0.4, 0.5) is 0 Å². The lowest BCUT2D eigenvalue weighted by Gasteiger charge is -2.34. The summed E-state index contributed by atoms with van der Waals surface area (Å²) in [5.41, 5.74) is 3.07. The van der Waals surface area contributed by atoms with Crippen molar-refractivity contribution < 1.29 is 18.7 Å². The van der Waals surface area contributed by atoms with Crippen LogP contribution in [0.3, 0.4) is 0 Å². The third kappa shape index (κ3) is 3.39. The van der Waals surface area contributed by atoms with E-state index in [1.807, 2.05) is 53.9 Å². The molecular formula is C24H19NO4S. The molecule has 1 amide bonds. The van der Waals surface area contributed by atoms with E-state index in [1.165, 1.54) is 6.26 Å². The van der Waals surface area contributed by atoms with Gasteiger partial charge < -0.3 is 14.1 Å². The molecule has 1 aliphatic heterocycles. The van der Waals surface area contributed by atoms with Crippen molar-refractivity contribution in [3.05, 3.63) is 94.8 Å². The van der Waals surface area contributed by atoms with Crippen LogP contribution in [-0.4, -0.2) is 22.8 Å². The molecule has 30 heavy (non-hydrogen) atoms. The lowest BCUT2D eigenvalue weighted by Crippen LogP contribution is -2.49. The highest BCUT2D eigenvalue weighted by Gasteiger charge is 2.37. The van der Waals surface area contributed by atoms with Gasteiger partial charge in [-0.25, -0.2) is 4.79 Å². The summed E-state index contributed by atoms with van der Waals surface area (Å²) in [5, 5.41) is 3.10. The maximum absolute atomic E-state index is 13.1. The molecule has 0 bridgehead atoms. The van der Waals surface area contributed by atoms with Gasteiger partial charge in [-0.3, -0.25) is 4.79 Å². The van der Waals surface area contributed by atoms with Crippen molar-refractivity contribution in [2.24, 2.45) is 0 Å². The Morgan fingerprint density at radius 2 is 1.83 bits per heavy atom. The van der Waals surface area contributed by atoms with Crippen LogP contribution in [0.15, 0.2) is 76.7 Å². The van der Waals surface area contributed by atoms with E-state index >= 15 is 0 Å². The summed E-state index contributed by atoms with van der Waals surface area (Å²) < 4.78 is 12.1. The van der Waals surface area contributed by atoms with Gasteiger partial charge in [-0.2, -0.15) is 0 Å². The molecule has 0 unspecified atom stereocenters. The van der Waals surface area contributed by atoms with Gasteiger partial charge in [0.2, 0.25) is 0 Å². The zero-order chi connectivity index (χ0) is 20.5. The number of carbonyl (C=O) groups excluding carboxylic acids is 2. The summed E-state index contributed by atoms with van der Waals surface area (Å²) >= 11 is 1.63. The van der Waals surface area contributed by atoms with E-state index in [4.69, 9.17) is 9.15 Å². The maximum Gasteiger partial charge on any atom is 0.329 e. The minimum Gasteiger partial charge on any atom is -0.459 e. The predicted octanol–water partition coefficient (Wildman–Crippen LogP) is 4.80. The molecule has 0 N–H and O–H groups in total. The van der Waals surface area contributed by atoms with Crippen molar-refractivity contribution in [3.63, 3.8) is 0 Å². The number of amides is 1. The van der Waals surface area contributed by atoms with Crippen molar-refractivity contribution >= 4 is 33.3 Å². The van der Waals surface area contributed by atoms with Crippen molar-refractivity contribution in [1.82, 2.24) is 4.90 Å². The van der Waals surface area contributed by atoms with Gasteiger partial charge in [-0.1, -0.05) is 42.5 Å². The van der Waals surface area contributed by atoms with E-state index in [0.717, 1.165) is 26.8 Å². The van der Waals surface area contributed by atoms with Crippen LogP contribution < -0.4 is 0 Å². The molecule has 1 aliphatic rings. The first-order valence-electron chi connectivity index (χ1n) is 9.74. The summed E-state index contributed by atoms with van der Waals surface area (Å²) in [6.45, 7) is 0.528. The van der Waals surface area contributed by atoms with E-state index in [0.29, 0.717) is 13.0 Å². The monoisotopic (exact) mass is 417 g/mol. The van der Waals surface area contributed by atoms with Gasteiger partial charge >= 0.3 is 5.97 Å². The molecule has 0 aliphatic carbocycles. The summed E-state index contributed by atoms with van der Waals surface area (Å²) in [5.74, 6) is -0.492. The topological polar surface area (TPSA) is 59.8 Å². The zero-order valence-electron chi connectivity index (χ0n) is 16.1. The molecule has 2 aromatic carbocycles. The number of rotatable bonds is 4. The Morgan fingerprint density at radius 3 is 2.67 bits per heavy atom. The molecule has 150 valence electrons. The Bertz CT molecular complexity index is 1210. The largest absolute Gasteiger partial charge is 0.459 e. The highest BCUT2D eigenvalue weighted by Crippen LogP contribution is 2.28. The smallest absolute Gasteiger partial charge is 0.329 e. The van der Waals surface area contributed by atoms with E-state index in [-0.39, 0.29) is 18.3 Å². The van der Waals surface area contributed by atoms with Crippen molar-refractivity contribution in [2.75, 3.05) is 0 Å². The van der Waals surface area contributed by atoms with Crippen LogP contribution in [0.2, 0.25) is 0 Å². The molecular weight excluding hydrogens is 398 g/mol. The van der Waals surface area contributed by atoms with Gasteiger partial charge in [-0.15, -0.1) is 11.3 Å². The number of furan rings is 1. The molecule has 5 rings (SSSR count). The van der Waals surface area contributed by atoms with Crippen LogP contribution in [0, 0.1) is 0 Å². The van der Waals surface area contributed by atoms with E-state index < -0.39 is 12.0 Å². The highest BCUT2D eigenvalue weighted by atomic mass is 32.1. The lowest BCUT2D eigenvalue weighted by molar-refractivity contribution is -0.151. The number of nitrogens with zero attached hydrogens (tertiary/aromatic N) is 1. The number of ether oxygens (including phenoxy) is 1. The molecule has 4 aromatic rings. The average molecular weight is 417 g/mol. The fourth-order valence-corrected chi connectivity index (χ4v) is 4.83. The molecule has 1 atom stereocenters. The average Bonchev–Trinajstić information content (AvgIpc) is 3.46. The number of benzene rings is 2. The molecule has 0 saturated carbocycles. The molecule has 6 heteroatoms. The normalized spacial score (nSPS) is 15.7. The first-order chi connectivity index (χ1) is 14.7. The summed E-state index contributed by atoms with van der Waals surface area (Å²) in [6, 6.07) is 18.5. The quantitative estimate of drug-likeness (QED) is 0.447. The lowest BCUT2D eigenvalue weighted by atomic mass is 9.93. The number of hydrogen-bond acceptors (Lipinski definition) is 5. The molecule has 0 spiro atoms. The second-order valence-electron chi connectivity index (χ2n) is 7.26. The number of fused-ring (bicyclic) bond motifs is 2. The summed E-state index contributed by atoms with van der Waals surface area (Å²) in [7, 11) is 0. The van der Waals surface area contributed by atoms with Gasteiger partial charge in [0.1, 0.15) is 12.6 Å². The van der Waals surface area contributed by atoms with Crippen molar-refractivity contribution in [2.45, 2.75) is 25.6 Å². The Kier molecular flexibility index (Phi) is 4.85. The standard InChI is InChI=1S/C24H19NO4S/c26-23(21-9-5-11-28-21)25-13-17-7-2-1-6-16(17)12-20(25)24(27)29-14-18-15-30-22-10-4-3-8-19(18)22/h1-11,15,20H,12-14H2/t20-/m0/s1. The third-order valence-corrected chi connectivity index (χ3v) is 6.46. The Balaban J connectivity index is 1.39. The molecule has 0 fully saturated rings. The third-order valence-electron chi connectivity index (χ3n) is 5.44. The molecule has 2 aromatic heterocycles. The number of carbonyl (C=O) groups is 2. The summed E-state index contributed by atoms with van der Waals surface area (Å²) in [4.78, 5) is 27.7. The molecule has 3 heterocycles. The van der Waals surface area contributed by atoms with Gasteiger partial charge in [0.25, 0.3) is 5.91 Å². The Hall–Kier alpha value is -3.38. The van der Waals surface area contributed by atoms with Gasteiger partial charge in [-0.05, 0) is 40.1 Å². The zero-order valence-corrected chi connectivity index (χ0v) is 16.9. The minimum absolute atomic E-state index is 0.184. The number of esters is 1. The predicted molar refractivity (Wildman–Crippen MR) is 114 cm³/mol. The number of hydrogen-bond donors (Lipinski definition) is 0.